The van der Waals surface area contributed by atoms with Crippen LogP contribution in [0, 0.1) is 0 Å². The summed E-state index contributed by atoms with van der Waals surface area (Å²) in [5.74, 6) is 0. The monoisotopic (exact) mass is 472 g/mol. The molecule has 1 aromatic rings. The summed E-state index contributed by atoms with van der Waals surface area (Å²) < 4.78 is 2.44. The van der Waals surface area contributed by atoms with Crippen LogP contribution in [0.5, 0.6) is 0 Å². The van der Waals surface area contributed by atoms with Crippen LogP contribution >= 0.6 is 0 Å². The zero-order chi connectivity index (χ0) is 24.4. The van der Waals surface area contributed by atoms with Crippen LogP contribution < -0.4 is 4.57 Å². The fraction of sp³-hybridized carbons (Fsp3) is 0.848. The summed E-state index contributed by atoms with van der Waals surface area (Å²) in [6.45, 7) is 5.80. The summed E-state index contributed by atoms with van der Waals surface area (Å²) in [6, 6.07) is 4.59. The van der Waals surface area contributed by atoms with E-state index in [1.54, 1.807) is 0 Å². The molecule has 0 saturated carbocycles. The standard InChI is InChI=1S/C33H62N/c1-3-5-7-9-11-13-14-15-16-17-18-20-22-24-26-30-34-31-27-29-33(32-34)28-25-23-21-19-12-10-8-6-4-2/h27,29,31-32H,3-26,28,30H2,1-2H3/q+1. The van der Waals surface area contributed by atoms with Crippen LogP contribution in [0.1, 0.15) is 174 Å². The van der Waals surface area contributed by atoms with Gasteiger partial charge >= 0.3 is 0 Å². The average molecular weight is 473 g/mol. The topological polar surface area (TPSA) is 3.88 Å². The Kier molecular flexibility index (Phi) is 23.2. The lowest BCUT2D eigenvalue weighted by atomic mass is 10.0. The molecule has 0 aliphatic rings. The van der Waals surface area contributed by atoms with Crippen molar-refractivity contribution in [3.05, 3.63) is 30.1 Å². The molecule has 0 fully saturated rings. The summed E-state index contributed by atoms with van der Waals surface area (Å²) in [7, 11) is 0. The number of nitrogens with zero attached hydrogens (tertiary/aromatic N) is 1. The highest BCUT2D eigenvalue weighted by Crippen LogP contribution is 2.14. The second-order valence-electron chi connectivity index (χ2n) is 11.0. The first-order valence-electron chi connectivity index (χ1n) is 15.8. The first-order chi connectivity index (χ1) is 16.9. The SMILES string of the molecule is CCCCCCCCCCCCCCCCC[n+]1cccc(CCCCCCCCCCC)c1. The molecule has 1 heterocycles. The molecule has 0 aliphatic carbocycles. The highest BCUT2D eigenvalue weighted by Gasteiger charge is 2.03. The number of unbranched alkanes of at least 4 members (excludes halogenated alkanes) is 22. The van der Waals surface area contributed by atoms with E-state index in [-0.39, 0.29) is 0 Å². The third-order valence-electron chi connectivity index (χ3n) is 7.51. The second-order valence-corrected chi connectivity index (χ2v) is 11.0. The molecule has 1 heteroatoms. The van der Waals surface area contributed by atoms with Crippen molar-refractivity contribution in [3.63, 3.8) is 0 Å². The summed E-state index contributed by atoms with van der Waals surface area (Å²) in [5, 5.41) is 0. The molecule has 0 aliphatic heterocycles. The van der Waals surface area contributed by atoms with Gasteiger partial charge in [0, 0.05) is 18.1 Å². The van der Waals surface area contributed by atoms with Crippen LogP contribution in [0.3, 0.4) is 0 Å². The van der Waals surface area contributed by atoms with E-state index in [9.17, 15) is 0 Å². The Labute approximate surface area is 215 Å². The quantitative estimate of drug-likeness (QED) is 0.0932. The highest BCUT2D eigenvalue weighted by atomic mass is 14.9. The first kappa shape index (κ1) is 31.2. The molecule has 34 heavy (non-hydrogen) atoms. The molecule has 0 amide bonds. The van der Waals surface area contributed by atoms with Gasteiger partial charge < -0.3 is 0 Å². The van der Waals surface area contributed by atoms with Gasteiger partial charge in [-0.05, 0) is 25.3 Å². The van der Waals surface area contributed by atoms with Crippen LogP contribution in [0.4, 0.5) is 0 Å². The van der Waals surface area contributed by atoms with Gasteiger partial charge in [0.05, 0.1) is 0 Å². The molecule has 0 saturated heterocycles. The van der Waals surface area contributed by atoms with Crippen LogP contribution in [0.15, 0.2) is 24.5 Å². The van der Waals surface area contributed by atoms with E-state index in [4.69, 9.17) is 0 Å². The largest absolute Gasteiger partial charge is 0.205 e. The average Bonchev–Trinajstić information content (AvgIpc) is 2.85. The predicted octanol–water partition coefficient (Wildman–Crippen LogP) is 10.9. The summed E-state index contributed by atoms with van der Waals surface area (Å²) in [5.41, 5.74) is 1.53. The minimum absolute atomic E-state index is 1.20. The third-order valence-corrected chi connectivity index (χ3v) is 7.51. The number of hydrogen-bond acceptors (Lipinski definition) is 0. The van der Waals surface area contributed by atoms with E-state index in [1.807, 2.05) is 0 Å². The van der Waals surface area contributed by atoms with E-state index in [0.29, 0.717) is 0 Å². The van der Waals surface area contributed by atoms with Gasteiger partial charge in [-0.1, -0.05) is 149 Å². The van der Waals surface area contributed by atoms with Gasteiger partial charge in [-0.3, -0.25) is 0 Å². The maximum atomic E-state index is 2.44. The molecule has 1 aromatic heterocycles. The summed E-state index contributed by atoms with van der Waals surface area (Å²) >= 11 is 0. The van der Waals surface area contributed by atoms with Gasteiger partial charge in [0.15, 0.2) is 12.4 Å². The molecule has 0 spiro atoms. The van der Waals surface area contributed by atoms with Crippen molar-refractivity contribution in [2.45, 2.75) is 181 Å². The van der Waals surface area contributed by atoms with E-state index in [2.05, 4.69) is 42.9 Å². The lowest BCUT2D eigenvalue weighted by molar-refractivity contribution is -0.697. The number of aryl methyl sites for hydroxylation is 2. The highest BCUT2D eigenvalue weighted by molar-refractivity contribution is 5.05. The Hall–Kier alpha value is -0.850. The maximum absolute atomic E-state index is 2.44. The molecule has 0 bridgehead atoms. The Morgan fingerprint density at radius 3 is 1.29 bits per heavy atom. The lowest BCUT2D eigenvalue weighted by Crippen LogP contribution is -2.33. The van der Waals surface area contributed by atoms with Crippen molar-refractivity contribution in [3.8, 4) is 0 Å². The van der Waals surface area contributed by atoms with Crippen LogP contribution in [-0.2, 0) is 13.0 Å². The van der Waals surface area contributed by atoms with E-state index in [0.717, 1.165) is 0 Å². The van der Waals surface area contributed by atoms with Crippen molar-refractivity contribution in [1.82, 2.24) is 0 Å². The van der Waals surface area contributed by atoms with Crippen molar-refractivity contribution < 1.29 is 4.57 Å². The van der Waals surface area contributed by atoms with Crippen molar-refractivity contribution >= 4 is 0 Å². The first-order valence-corrected chi connectivity index (χ1v) is 15.8. The smallest absolute Gasteiger partial charge is 0.171 e. The minimum atomic E-state index is 1.20. The molecule has 0 unspecified atom stereocenters. The minimum Gasteiger partial charge on any atom is -0.205 e. The van der Waals surface area contributed by atoms with E-state index < -0.39 is 0 Å². The zero-order valence-electron chi connectivity index (χ0n) is 23.6. The van der Waals surface area contributed by atoms with Gasteiger partial charge in [0.1, 0.15) is 6.54 Å². The molecular formula is C33H62N+. The Bertz CT molecular complexity index is 523. The van der Waals surface area contributed by atoms with Crippen molar-refractivity contribution in [2.24, 2.45) is 0 Å². The van der Waals surface area contributed by atoms with Crippen LogP contribution in [0.25, 0.3) is 0 Å². The molecule has 1 rings (SSSR count). The molecule has 0 aromatic carbocycles. The van der Waals surface area contributed by atoms with E-state index in [1.165, 1.54) is 173 Å². The molecule has 1 nitrogen and oxygen atoms in total. The van der Waals surface area contributed by atoms with Gasteiger partial charge in [0.2, 0.25) is 0 Å². The van der Waals surface area contributed by atoms with Gasteiger partial charge in [-0.25, -0.2) is 4.57 Å². The predicted molar refractivity (Wildman–Crippen MR) is 152 cm³/mol. The fourth-order valence-corrected chi connectivity index (χ4v) is 5.17. The second kappa shape index (κ2) is 25.2. The van der Waals surface area contributed by atoms with Gasteiger partial charge in [0.25, 0.3) is 0 Å². The molecule has 0 atom stereocenters. The molecule has 198 valence electrons. The summed E-state index contributed by atoms with van der Waals surface area (Å²) in [6.07, 6.45) is 40.3. The molecular weight excluding hydrogens is 410 g/mol. The van der Waals surface area contributed by atoms with Gasteiger partial charge in [-0.2, -0.15) is 0 Å². The fourth-order valence-electron chi connectivity index (χ4n) is 5.17. The number of hydrogen-bond donors (Lipinski definition) is 0. The number of rotatable bonds is 26. The number of aromatic nitrogens is 1. The Balaban J connectivity index is 1.90. The normalized spacial score (nSPS) is 11.4. The van der Waals surface area contributed by atoms with Gasteiger partial charge in [-0.15, -0.1) is 0 Å². The molecule has 0 radical (unpaired) electrons. The lowest BCUT2D eigenvalue weighted by Gasteiger charge is -2.04. The zero-order valence-corrected chi connectivity index (χ0v) is 23.6. The summed E-state index contributed by atoms with van der Waals surface area (Å²) in [4.78, 5) is 0. The third kappa shape index (κ3) is 20.5. The number of pyridine rings is 1. The van der Waals surface area contributed by atoms with Crippen molar-refractivity contribution in [1.29, 1.82) is 0 Å². The van der Waals surface area contributed by atoms with Crippen LogP contribution in [-0.4, -0.2) is 0 Å². The van der Waals surface area contributed by atoms with E-state index >= 15 is 0 Å². The molecule has 0 N–H and O–H groups in total. The maximum Gasteiger partial charge on any atom is 0.171 e. The Morgan fingerprint density at radius 2 is 0.853 bits per heavy atom. The Morgan fingerprint density at radius 1 is 0.471 bits per heavy atom. The van der Waals surface area contributed by atoms with Crippen LogP contribution in [0.2, 0.25) is 0 Å². The van der Waals surface area contributed by atoms with Crippen molar-refractivity contribution in [2.75, 3.05) is 0 Å².